The van der Waals surface area contributed by atoms with Crippen LogP contribution in [0.15, 0.2) is 42.7 Å². The molecule has 0 spiro atoms. The van der Waals surface area contributed by atoms with E-state index in [1.54, 1.807) is 24.5 Å². The maximum atomic E-state index is 12.2. The van der Waals surface area contributed by atoms with Crippen LogP contribution in [0, 0.1) is 0 Å². The normalized spacial score (nSPS) is 12.9. The lowest BCUT2D eigenvalue weighted by atomic mass is 10.0. The maximum absolute atomic E-state index is 12.2. The van der Waals surface area contributed by atoms with Crippen LogP contribution in [0.25, 0.3) is 0 Å². The number of fused-ring (bicyclic) bond motifs is 1. The summed E-state index contributed by atoms with van der Waals surface area (Å²) in [7, 11) is 0. The highest BCUT2D eigenvalue weighted by Crippen LogP contribution is 2.26. The third kappa shape index (κ3) is 1.80. The molecule has 0 saturated carbocycles. The summed E-state index contributed by atoms with van der Waals surface area (Å²) >= 11 is 0. The fraction of sp³-hybridized carbons (Fsp3) is 0.143. The molecular formula is C14H11NO2. The number of hydrogen-bond acceptors (Lipinski definition) is 3. The largest absolute Gasteiger partial charge is 0.493 e. The summed E-state index contributed by atoms with van der Waals surface area (Å²) in [5.41, 5.74) is 2.49. The average molecular weight is 225 g/mol. The van der Waals surface area contributed by atoms with Gasteiger partial charge < -0.3 is 4.74 Å². The van der Waals surface area contributed by atoms with Crippen LogP contribution >= 0.6 is 0 Å². The summed E-state index contributed by atoms with van der Waals surface area (Å²) in [5.74, 6) is 0.929. The number of benzene rings is 1. The van der Waals surface area contributed by atoms with Gasteiger partial charge in [-0.1, -0.05) is 0 Å². The first-order chi connectivity index (χ1) is 8.34. The Morgan fingerprint density at radius 1 is 1.12 bits per heavy atom. The number of carbonyl (C=O) groups excluding carboxylic acids is 1. The second-order valence-corrected chi connectivity index (χ2v) is 3.99. The van der Waals surface area contributed by atoms with Gasteiger partial charge in [0.05, 0.1) is 6.61 Å². The summed E-state index contributed by atoms with van der Waals surface area (Å²) < 4.78 is 5.42. The Morgan fingerprint density at radius 3 is 2.76 bits per heavy atom. The SMILES string of the molecule is O=C(c1ccncc1)c1ccc2c(c1)CCO2. The molecule has 84 valence electrons. The molecule has 0 bridgehead atoms. The summed E-state index contributed by atoms with van der Waals surface area (Å²) in [6, 6.07) is 9.06. The first-order valence-electron chi connectivity index (χ1n) is 5.55. The number of hydrogen-bond donors (Lipinski definition) is 0. The maximum Gasteiger partial charge on any atom is 0.193 e. The molecule has 0 saturated heterocycles. The summed E-state index contributed by atoms with van der Waals surface area (Å²) in [5, 5.41) is 0. The van der Waals surface area contributed by atoms with Gasteiger partial charge in [0.15, 0.2) is 5.78 Å². The van der Waals surface area contributed by atoms with Crippen molar-refractivity contribution in [2.75, 3.05) is 6.61 Å². The lowest BCUT2D eigenvalue weighted by molar-refractivity contribution is 0.103. The van der Waals surface area contributed by atoms with E-state index >= 15 is 0 Å². The van der Waals surface area contributed by atoms with Gasteiger partial charge in [0.25, 0.3) is 0 Å². The highest BCUT2D eigenvalue weighted by Gasteiger charge is 2.15. The van der Waals surface area contributed by atoms with Gasteiger partial charge >= 0.3 is 0 Å². The third-order valence-corrected chi connectivity index (χ3v) is 2.89. The van der Waals surface area contributed by atoms with Crippen molar-refractivity contribution in [3.63, 3.8) is 0 Å². The summed E-state index contributed by atoms with van der Waals surface area (Å²) in [4.78, 5) is 16.1. The van der Waals surface area contributed by atoms with Gasteiger partial charge in [-0.3, -0.25) is 9.78 Å². The zero-order chi connectivity index (χ0) is 11.7. The van der Waals surface area contributed by atoms with Gasteiger partial charge in [0.2, 0.25) is 0 Å². The Morgan fingerprint density at radius 2 is 1.94 bits per heavy atom. The van der Waals surface area contributed by atoms with Crippen LogP contribution in [0.4, 0.5) is 0 Å². The van der Waals surface area contributed by atoms with Crippen LogP contribution < -0.4 is 4.74 Å². The number of ketones is 1. The van der Waals surface area contributed by atoms with Crippen molar-refractivity contribution in [2.24, 2.45) is 0 Å². The minimum Gasteiger partial charge on any atom is -0.493 e. The smallest absolute Gasteiger partial charge is 0.193 e. The van der Waals surface area contributed by atoms with E-state index in [4.69, 9.17) is 4.74 Å². The van der Waals surface area contributed by atoms with Gasteiger partial charge in [-0.25, -0.2) is 0 Å². The van der Waals surface area contributed by atoms with E-state index < -0.39 is 0 Å². The monoisotopic (exact) mass is 225 g/mol. The van der Waals surface area contributed by atoms with E-state index in [0.717, 1.165) is 17.7 Å². The lowest BCUT2D eigenvalue weighted by Crippen LogP contribution is -2.01. The molecule has 0 fully saturated rings. The first-order valence-corrected chi connectivity index (χ1v) is 5.55. The Bertz CT molecular complexity index is 564. The molecule has 2 aromatic rings. The second-order valence-electron chi connectivity index (χ2n) is 3.99. The highest BCUT2D eigenvalue weighted by atomic mass is 16.5. The number of pyridine rings is 1. The minimum absolute atomic E-state index is 0.0297. The number of ether oxygens (including phenoxy) is 1. The van der Waals surface area contributed by atoms with Gasteiger partial charge in [-0.2, -0.15) is 0 Å². The Balaban J connectivity index is 1.97. The lowest BCUT2D eigenvalue weighted by Gasteiger charge is -2.03. The number of aromatic nitrogens is 1. The van der Waals surface area contributed by atoms with Crippen LogP contribution in [0.5, 0.6) is 5.75 Å². The minimum atomic E-state index is 0.0297. The third-order valence-electron chi connectivity index (χ3n) is 2.89. The molecule has 17 heavy (non-hydrogen) atoms. The molecule has 0 N–H and O–H groups in total. The number of nitrogens with zero attached hydrogens (tertiary/aromatic N) is 1. The Kier molecular flexibility index (Phi) is 2.37. The first kappa shape index (κ1) is 10.0. The van der Waals surface area contributed by atoms with Gasteiger partial charge in [0, 0.05) is 29.9 Å². The molecule has 2 heterocycles. The van der Waals surface area contributed by atoms with Crippen molar-refractivity contribution in [2.45, 2.75) is 6.42 Å². The molecule has 1 aliphatic rings. The molecule has 1 aromatic heterocycles. The van der Waals surface area contributed by atoms with E-state index in [2.05, 4.69) is 4.98 Å². The highest BCUT2D eigenvalue weighted by molar-refractivity contribution is 6.09. The zero-order valence-electron chi connectivity index (χ0n) is 9.22. The van der Waals surface area contributed by atoms with Crippen LogP contribution in [-0.2, 0) is 6.42 Å². The van der Waals surface area contributed by atoms with Crippen molar-refractivity contribution >= 4 is 5.78 Å². The topological polar surface area (TPSA) is 39.2 Å². The summed E-state index contributed by atoms with van der Waals surface area (Å²) in [6.45, 7) is 0.711. The molecule has 1 aliphatic heterocycles. The molecule has 0 radical (unpaired) electrons. The zero-order valence-corrected chi connectivity index (χ0v) is 9.22. The van der Waals surface area contributed by atoms with E-state index in [-0.39, 0.29) is 5.78 Å². The molecular weight excluding hydrogens is 214 g/mol. The molecule has 3 heteroatoms. The number of rotatable bonds is 2. The Labute approximate surface area is 99.1 Å². The number of carbonyl (C=O) groups is 1. The van der Waals surface area contributed by atoms with Gasteiger partial charge in [-0.15, -0.1) is 0 Å². The van der Waals surface area contributed by atoms with E-state index in [1.165, 1.54) is 0 Å². The molecule has 3 rings (SSSR count). The van der Waals surface area contributed by atoms with Gasteiger partial charge in [0.1, 0.15) is 5.75 Å². The summed E-state index contributed by atoms with van der Waals surface area (Å²) in [6.07, 6.45) is 4.14. The van der Waals surface area contributed by atoms with E-state index in [0.29, 0.717) is 17.7 Å². The molecule has 0 unspecified atom stereocenters. The van der Waals surface area contributed by atoms with E-state index in [1.807, 2.05) is 18.2 Å². The van der Waals surface area contributed by atoms with Crippen LogP contribution in [0.2, 0.25) is 0 Å². The molecule has 0 aliphatic carbocycles. The van der Waals surface area contributed by atoms with Crippen molar-refractivity contribution in [1.29, 1.82) is 0 Å². The predicted octanol–water partition coefficient (Wildman–Crippen LogP) is 2.25. The molecule has 0 amide bonds. The average Bonchev–Trinajstić information content (AvgIpc) is 2.86. The second kappa shape index (κ2) is 4.01. The standard InChI is InChI=1S/C14H11NO2/c16-14(10-3-6-15-7-4-10)12-1-2-13-11(9-12)5-8-17-13/h1-4,6-7,9H,5,8H2. The van der Waals surface area contributed by atoms with Crippen LogP contribution in [-0.4, -0.2) is 17.4 Å². The van der Waals surface area contributed by atoms with Gasteiger partial charge in [-0.05, 0) is 35.9 Å². The van der Waals surface area contributed by atoms with E-state index in [9.17, 15) is 4.79 Å². The molecule has 1 aromatic carbocycles. The predicted molar refractivity (Wildman–Crippen MR) is 63.3 cm³/mol. The quantitative estimate of drug-likeness (QED) is 0.736. The fourth-order valence-corrected chi connectivity index (χ4v) is 2.00. The molecule has 0 atom stereocenters. The van der Waals surface area contributed by atoms with Crippen LogP contribution in [0.1, 0.15) is 21.5 Å². The van der Waals surface area contributed by atoms with Crippen molar-refractivity contribution in [3.05, 3.63) is 59.4 Å². The molecule has 3 nitrogen and oxygen atoms in total. The van der Waals surface area contributed by atoms with Crippen LogP contribution in [0.3, 0.4) is 0 Å². The fourth-order valence-electron chi connectivity index (χ4n) is 2.00. The van der Waals surface area contributed by atoms with Crippen molar-refractivity contribution in [1.82, 2.24) is 4.98 Å². The van der Waals surface area contributed by atoms with Crippen molar-refractivity contribution < 1.29 is 9.53 Å². The Hall–Kier alpha value is -2.16. The van der Waals surface area contributed by atoms with Crippen molar-refractivity contribution in [3.8, 4) is 5.75 Å².